The molecule has 184 valence electrons. The summed E-state index contributed by atoms with van der Waals surface area (Å²) in [6, 6.07) is 5.06. The average Bonchev–Trinajstić information content (AvgIpc) is 3.33. The van der Waals surface area contributed by atoms with Gasteiger partial charge in [-0.25, -0.2) is 13.8 Å². The molecule has 0 aliphatic carbocycles. The van der Waals surface area contributed by atoms with E-state index in [1.54, 1.807) is 37.6 Å². The molecule has 4 aromatic rings. The van der Waals surface area contributed by atoms with Gasteiger partial charge in [-0.1, -0.05) is 13.8 Å². The molecule has 1 aromatic carbocycles. The van der Waals surface area contributed by atoms with Crippen LogP contribution in [0.15, 0.2) is 30.6 Å². The quantitative estimate of drug-likeness (QED) is 0.447. The molecule has 0 amide bonds. The van der Waals surface area contributed by atoms with Crippen molar-refractivity contribution in [1.82, 2.24) is 24.5 Å². The highest BCUT2D eigenvalue weighted by molar-refractivity contribution is 6.00. The fourth-order valence-electron chi connectivity index (χ4n) is 4.79. The number of halogens is 2. The second-order valence-electron chi connectivity index (χ2n) is 9.76. The summed E-state index contributed by atoms with van der Waals surface area (Å²) >= 11 is 0. The Kier molecular flexibility index (Phi) is 5.71. The van der Waals surface area contributed by atoms with Gasteiger partial charge in [0.1, 0.15) is 5.82 Å². The van der Waals surface area contributed by atoms with E-state index < -0.39 is 11.6 Å². The summed E-state index contributed by atoms with van der Waals surface area (Å²) in [6.07, 6.45) is 3.36. The lowest BCUT2D eigenvalue weighted by molar-refractivity contribution is 0.0845. The number of piperazine rings is 1. The number of nitrogens with zero attached hydrogens (tertiary/aromatic N) is 5. The van der Waals surface area contributed by atoms with Crippen molar-refractivity contribution in [2.45, 2.75) is 46.7 Å². The molecular weight excluding hydrogens is 452 g/mol. The highest BCUT2D eigenvalue weighted by Gasteiger charge is 2.26. The maximum absolute atomic E-state index is 15.6. The van der Waals surface area contributed by atoms with E-state index in [2.05, 4.69) is 39.5 Å². The summed E-state index contributed by atoms with van der Waals surface area (Å²) in [7, 11) is 0. The molecule has 2 atom stereocenters. The van der Waals surface area contributed by atoms with Gasteiger partial charge in [-0.05, 0) is 32.9 Å². The number of rotatable bonds is 4. The van der Waals surface area contributed by atoms with Gasteiger partial charge in [0.15, 0.2) is 17.3 Å². The first kappa shape index (κ1) is 23.2. The Morgan fingerprint density at radius 3 is 2.51 bits per heavy atom. The van der Waals surface area contributed by atoms with Crippen molar-refractivity contribution in [1.29, 1.82) is 0 Å². The number of hydrogen-bond donors (Lipinski definition) is 2. The van der Waals surface area contributed by atoms with Gasteiger partial charge >= 0.3 is 0 Å². The number of aromatic nitrogens is 4. The Morgan fingerprint density at radius 1 is 1.11 bits per heavy atom. The highest BCUT2D eigenvalue weighted by atomic mass is 19.1. The van der Waals surface area contributed by atoms with Crippen LogP contribution in [0, 0.1) is 24.5 Å². The van der Waals surface area contributed by atoms with Crippen molar-refractivity contribution in [3.05, 3.63) is 47.9 Å². The van der Waals surface area contributed by atoms with Crippen LogP contribution in [0.2, 0.25) is 0 Å². The minimum Gasteiger partial charge on any atom is -0.368 e. The summed E-state index contributed by atoms with van der Waals surface area (Å²) < 4.78 is 33.1. The molecular formula is C25H29F2N7O. The molecule has 0 unspecified atom stereocenters. The van der Waals surface area contributed by atoms with Crippen molar-refractivity contribution < 1.29 is 13.6 Å². The Morgan fingerprint density at radius 2 is 1.83 bits per heavy atom. The molecule has 1 fully saturated rings. The topological polar surface area (TPSA) is 79.5 Å². The molecule has 35 heavy (non-hydrogen) atoms. The van der Waals surface area contributed by atoms with E-state index in [-0.39, 0.29) is 40.8 Å². The fraction of sp³-hybridized carbons (Fsp3) is 0.400. The molecule has 10 heteroatoms. The number of aryl methyl sites for hydroxylation is 1. The number of benzene rings is 1. The standard InChI is InChI=1S/C25H29F2N7O/c1-13(2)25(35)34-21-8-18(32-9-14(3)28-15(4)10-32)7-19(26)22(21)23(31-34)30-17-6-20(27)24-29-16(5)11-33(24)12-17/h6-8,11-15,28H,9-10H2,1-5H3,(H,30,31)/t14-,15-/m0/s1. The third-order valence-electron chi connectivity index (χ3n) is 6.23. The van der Waals surface area contributed by atoms with E-state index in [0.717, 1.165) is 13.1 Å². The zero-order chi connectivity index (χ0) is 25.0. The minimum atomic E-state index is -0.519. The number of fused-ring (bicyclic) bond motifs is 2. The summed E-state index contributed by atoms with van der Waals surface area (Å²) in [5.74, 6) is -1.47. The zero-order valence-corrected chi connectivity index (χ0v) is 20.4. The van der Waals surface area contributed by atoms with E-state index in [1.165, 1.54) is 16.8 Å². The lowest BCUT2D eigenvalue weighted by atomic mass is 10.1. The summed E-state index contributed by atoms with van der Waals surface area (Å²) in [5, 5.41) is 11.1. The van der Waals surface area contributed by atoms with Crippen LogP contribution >= 0.6 is 0 Å². The number of carbonyl (C=O) groups is 1. The number of anilines is 3. The van der Waals surface area contributed by atoms with Crippen LogP contribution < -0.4 is 15.5 Å². The van der Waals surface area contributed by atoms with Crippen molar-refractivity contribution in [2.75, 3.05) is 23.3 Å². The predicted molar refractivity (Wildman–Crippen MR) is 133 cm³/mol. The monoisotopic (exact) mass is 481 g/mol. The predicted octanol–water partition coefficient (Wildman–Crippen LogP) is 4.50. The van der Waals surface area contributed by atoms with E-state index in [0.29, 0.717) is 22.6 Å². The van der Waals surface area contributed by atoms with Crippen molar-refractivity contribution in [3.63, 3.8) is 0 Å². The fourth-order valence-corrected chi connectivity index (χ4v) is 4.79. The Balaban J connectivity index is 1.62. The van der Waals surface area contributed by atoms with Crippen LogP contribution in [0.25, 0.3) is 16.6 Å². The maximum atomic E-state index is 15.6. The second kappa shape index (κ2) is 8.60. The van der Waals surface area contributed by atoms with Gasteiger partial charge in [-0.3, -0.25) is 4.79 Å². The lowest BCUT2D eigenvalue weighted by Crippen LogP contribution is -2.54. The third-order valence-corrected chi connectivity index (χ3v) is 6.23. The molecule has 1 aliphatic heterocycles. The number of carbonyl (C=O) groups excluding carboxylic acids is 1. The van der Waals surface area contributed by atoms with E-state index in [4.69, 9.17) is 0 Å². The summed E-state index contributed by atoms with van der Waals surface area (Å²) in [4.78, 5) is 19.3. The normalized spacial score (nSPS) is 18.7. The number of nitrogens with one attached hydrogen (secondary N) is 2. The van der Waals surface area contributed by atoms with Crippen LogP contribution in [0.4, 0.5) is 26.0 Å². The first-order valence-electron chi connectivity index (χ1n) is 11.8. The smallest absolute Gasteiger partial charge is 0.250 e. The van der Waals surface area contributed by atoms with Gasteiger partial charge < -0.3 is 19.9 Å². The zero-order valence-electron chi connectivity index (χ0n) is 20.4. The Bertz CT molecular complexity index is 1430. The summed E-state index contributed by atoms with van der Waals surface area (Å²) in [5.41, 5.74) is 2.31. The number of pyridine rings is 1. The average molecular weight is 482 g/mol. The van der Waals surface area contributed by atoms with Gasteiger partial charge in [0, 0.05) is 55.2 Å². The molecule has 4 heterocycles. The first-order chi connectivity index (χ1) is 16.6. The van der Waals surface area contributed by atoms with Crippen molar-refractivity contribution in [2.24, 2.45) is 5.92 Å². The Labute approximate surface area is 201 Å². The SMILES string of the molecule is Cc1cn2cc(Nc3nn(C(=O)C(C)C)c4cc(N5C[C@H](C)N[C@@H](C)C5)cc(F)c34)cc(F)c2n1. The lowest BCUT2D eigenvalue weighted by Gasteiger charge is -2.37. The van der Waals surface area contributed by atoms with Crippen LogP contribution in [0.5, 0.6) is 0 Å². The minimum absolute atomic E-state index is 0.149. The van der Waals surface area contributed by atoms with Crippen LogP contribution in [-0.4, -0.2) is 50.2 Å². The highest BCUT2D eigenvalue weighted by Crippen LogP contribution is 2.33. The molecule has 0 radical (unpaired) electrons. The van der Waals surface area contributed by atoms with Crippen LogP contribution in [0.3, 0.4) is 0 Å². The van der Waals surface area contributed by atoms with Gasteiger partial charge in [0.05, 0.1) is 22.3 Å². The van der Waals surface area contributed by atoms with E-state index in [1.807, 2.05) is 6.07 Å². The summed E-state index contributed by atoms with van der Waals surface area (Å²) in [6.45, 7) is 10.9. The number of hydrogen-bond acceptors (Lipinski definition) is 6. The van der Waals surface area contributed by atoms with E-state index in [9.17, 15) is 9.18 Å². The molecule has 1 aliphatic rings. The van der Waals surface area contributed by atoms with Gasteiger partial charge in [-0.15, -0.1) is 5.10 Å². The molecule has 2 N–H and O–H groups in total. The third kappa shape index (κ3) is 4.22. The van der Waals surface area contributed by atoms with Crippen LogP contribution in [-0.2, 0) is 0 Å². The molecule has 5 rings (SSSR count). The van der Waals surface area contributed by atoms with Gasteiger partial charge in [-0.2, -0.15) is 4.68 Å². The van der Waals surface area contributed by atoms with Crippen LogP contribution in [0.1, 0.15) is 38.2 Å². The second-order valence-corrected chi connectivity index (χ2v) is 9.76. The first-order valence-corrected chi connectivity index (χ1v) is 11.8. The number of imidazole rings is 1. The van der Waals surface area contributed by atoms with Gasteiger partial charge in [0.2, 0.25) is 5.91 Å². The van der Waals surface area contributed by atoms with Crippen molar-refractivity contribution in [3.8, 4) is 0 Å². The maximum Gasteiger partial charge on any atom is 0.250 e. The van der Waals surface area contributed by atoms with E-state index >= 15 is 4.39 Å². The molecule has 3 aromatic heterocycles. The molecule has 0 spiro atoms. The molecule has 8 nitrogen and oxygen atoms in total. The van der Waals surface area contributed by atoms with Crippen molar-refractivity contribution >= 4 is 39.6 Å². The largest absolute Gasteiger partial charge is 0.368 e. The Hall–Kier alpha value is -3.53. The molecule has 0 saturated carbocycles. The molecule has 0 bridgehead atoms. The van der Waals surface area contributed by atoms with Gasteiger partial charge in [0.25, 0.3) is 0 Å². The molecule has 1 saturated heterocycles.